The lowest BCUT2D eigenvalue weighted by molar-refractivity contribution is 0.0697. The minimum Gasteiger partial charge on any atom is -0.339 e. The zero-order valence-electron chi connectivity index (χ0n) is 14.2. The Hall–Kier alpha value is -2.14. The van der Waals surface area contributed by atoms with Crippen LogP contribution in [-0.2, 0) is 0 Å². The minimum absolute atomic E-state index is 0.0314. The highest BCUT2D eigenvalue weighted by Gasteiger charge is 2.21. The summed E-state index contributed by atoms with van der Waals surface area (Å²) in [4.78, 5) is 27.0. The van der Waals surface area contributed by atoms with Gasteiger partial charge in [-0.1, -0.05) is 25.1 Å². The maximum absolute atomic E-state index is 12.7. The third kappa shape index (κ3) is 4.28. The summed E-state index contributed by atoms with van der Waals surface area (Å²) in [5.41, 5.74) is 1.79. The van der Waals surface area contributed by atoms with E-state index in [2.05, 4.69) is 28.2 Å². The van der Waals surface area contributed by atoms with Crippen molar-refractivity contribution in [3.05, 3.63) is 64.1 Å². The van der Waals surface area contributed by atoms with E-state index in [0.29, 0.717) is 22.7 Å². The van der Waals surface area contributed by atoms with E-state index in [4.69, 9.17) is 0 Å². The number of hydrogen-bond donors (Lipinski definition) is 1. The third-order valence-electron chi connectivity index (χ3n) is 4.56. The average molecular weight is 401 g/mol. The number of carbonyl (C=O) groups excluding carboxylic acids is 2. The fourth-order valence-corrected chi connectivity index (χ4v) is 3.43. The van der Waals surface area contributed by atoms with E-state index >= 15 is 0 Å². The SMILES string of the molecule is CC1CCN(C(=O)c2cccc(NC(=O)c3ccccc3Br)c2)CC1. The number of halogens is 1. The zero-order chi connectivity index (χ0) is 17.8. The Labute approximate surface area is 156 Å². The van der Waals surface area contributed by atoms with Gasteiger partial charge in [0.15, 0.2) is 0 Å². The van der Waals surface area contributed by atoms with E-state index in [1.807, 2.05) is 23.1 Å². The Morgan fingerprint density at radius 1 is 1.08 bits per heavy atom. The maximum atomic E-state index is 12.7. The van der Waals surface area contributed by atoms with Gasteiger partial charge in [0.1, 0.15) is 0 Å². The molecule has 1 aliphatic heterocycles. The van der Waals surface area contributed by atoms with Crippen molar-refractivity contribution in [2.45, 2.75) is 19.8 Å². The van der Waals surface area contributed by atoms with Crippen LogP contribution in [0, 0.1) is 5.92 Å². The monoisotopic (exact) mass is 400 g/mol. The molecule has 0 aromatic heterocycles. The van der Waals surface area contributed by atoms with Gasteiger partial charge in [0.05, 0.1) is 5.56 Å². The Kier molecular flexibility index (Phi) is 5.53. The molecule has 0 radical (unpaired) electrons. The van der Waals surface area contributed by atoms with Crippen molar-refractivity contribution in [2.75, 3.05) is 18.4 Å². The van der Waals surface area contributed by atoms with E-state index in [-0.39, 0.29) is 11.8 Å². The summed E-state index contributed by atoms with van der Waals surface area (Å²) in [6.07, 6.45) is 2.09. The number of benzene rings is 2. The lowest BCUT2D eigenvalue weighted by Gasteiger charge is -2.30. The topological polar surface area (TPSA) is 49.4 Å². The van der Waals surface area contributed by atoms with Crippen LogP contribution in [0.25, 0.3) is 0 Å². The molecule has 5 heteroatoms. The average Bonchev–Trinajstić information content (AvgIpc) is 2.62. The molecule has 0 atom stereocenters. The summed E-state index contributed by atoms with van der Waals surface area (Å²) < 4.78 is 0.738. The number of hydrogen-bond acceptors (Lipinski definition) is 2. The molecule has 0 bridgehead atoms. The molecule has 0 saturated carbocycles. The molecule has 2 aromatic carbocycles. The Morgan fingerprint density at radius 3 is 2.52 bits per heavy atom. The molecule has 0 aliphatic carbocycles. The molecule has 1 fully saturated rings. The number of anilines is 1. The molecule has 0 spiro atoms. The lowest BCUT2D eigenvalue weighted by Crippen LogP contribution is -2.37. The second kappa shape index (κ2) is 7.83. The molecule has 1 aliphatic rings. The van der Waals surface area contributed by atoms with Crippen molar-refractivity contribution in [1.29, 1.82) is 0 Å². The van der Waals surface area contributed by atoms with Gasteiger partial charge in [-0.2, -0.15) is 0 Å². The predicted molar refractivity (Wildman–Crippen MR) is 103 cm³/mol. The van der Waals surface area contributed by atoms with Crippen molar-refractivity contribution in [1.82, 2.24) is 4.90 Å². The fraction of sp³-hybridized carbons (Fsp3) is 0.300. The summed E-state index contributed by atoms with van der Waals surface area (Å²) in [7, 11) is 0. The summed E-state index contributed by atoms with van der Waals surface area (Å²) in [5, 5.41) is 2.86. The molecule has 1 saturated heterocycles. The van der Waals surface area contributed by atoms with Gasteiger partial charge < -0.3 is 10.2 Å². The van der Waals surface area contributed by atoms with Crippen LogP contribution >= 0.6 is 15.9 Å². The predicted octanol–water partition coefficient (Wildman–Crippen LogP) is 4.57. The standard InChI is InChI=1S/C20H21BrN2O2/c1-14-9-11-23(12-10-14)20(25)15-5-4-6-16(13-15)22-19(24)17-7-2-3-8-18(17)21/h2-8,13-14H,9-12H2,1H3,(H,22,24). The van der Waals surface area contributed by atoms with Crippen molar-refractivity contribution in [3.8, 4) is 0 Å². The fourth-order valence-electron chi connectivity index (χ4n) is 2.97. The van der Waals surface area contributed by atoms with Crippen LogP contribution in [0.3, 0.4) is 0 Å². The van der Waals surface area contributed by atoms with Crippen LogP contribution in [0.5, 0.6) is 0 Å². The Bertz CT molecular complexity index is 783. The molecule has 130 valence electrons. The van der Waals surface area contributed by atoms with Crippen molar-refractivity contribution in [3.63, 3.8) is 0 Å². The number of nitrogens with zero attached hydrogens (tertiary/aromatic N) is 1. The largest absolute Gasteiger partial charge is 0.339 e. The second-order valence-corrected chi connectivity index (χ2v) is 7.34. The van der Waals surface area contributed by atoms with Crippen LogP contribution in [0.15, 0.2) is 53.0 Å². The van der Waals surface area contributed by atoms with Crippen molar-refractivity contribution in [2.24, 2.45) is 5.92 Å². The second-order valence-electron chi connectivity index (χ2n) is 6.49. The number of piperidine rings is 1. The Morgan fingerprint density at radius 2 is 1.80 bits per heavy atom. The van der Waals surface area contributed by atoms with Gasteiger partial charge >= 0.3 is 0 Å². The molecule has 4 nitrogen and oxygen atoms in total. The molecule has 0 unspecified atom stereocenters. The maximum Gasteiger partial charge on any atom is 0.256 e. The molecular weight excluding hydrogens is 380 g/mol. The number of likely N-dealkylation sites (tertiary alicyclic amines) is 1. The summed E-state index contributed by atoms with van der Waals surface area (Å²) >= 11 is 3.38. The zero-order valence-corrected chi connectivity index (χ0v) is 15.8. The minimum atomic E-state index is -0.205. The molecule has 3 rings (SSSR count). The van der Waals surface area contributed by atoms with Crippen LogP contribution < -0.4 is 5.32 Å². The van der Waals surface area contributed by atoms with Crippen LogP contribution in [0.4, 0.5) is 5.69 Å². The molecule has 2 amide bonds. The smallest absolute Gasteiger partial charge is 0.256 e. The van der Waals surface area contributed by atoms with E-state index in [1.54, 1.807) is 30.3 Å². The van der Waals surface area contributed by atoms with Crippen LogP contribution in [0.1, 0.15) is 40.5 Å². The van der Waals surface area contributed by atoms with Crippen LogP contribution in [-0.4, -0.2) is 29.8 Å². The van der Waals surface area contributed by atoms with Crippen molar-refractivity contribution < 1.29 is 9.59 Å². The first-order valence-corrected chi connectivity index (χ1v) is 9.29. The van der Waals surface area contributed by atoms with Gasteiger partial charge in [0, 0.05) is 28.8 Å². The molecule has 1 heterocycles. The normalized spacial score (nSPS) is 15.0. The van der Waals surface area contributed by atoms with E-state index in [0.717, 1.165) is 30.4 Å². The van der Waals surface area contributed by atoms with Gasteiger partial charge in [0.2, 0.25) is 0 Å². The first-order valence-electron chi connectivity index (χ1n) is 8.50. The first-order chi connectivity index (χ1) is 12.0. The van der Waals surface area contributed by atoms with E-state index in [1.165, 1.54) is 0 Å². The molecule has 25 heavy (non-hydrogen) atoms. The number of rotatable bonds is 3. The summed E-state index contributed by atoms with van der Waals surface area (Å²) in [6.45, 7) is 3.82. The highest BCUT2D eigenvalue weighted by atomic mass is 79.9. The Balaban J connectivity index is 1.72. The van der Waals surface area contributed by atoms with Gasteiger partial charge in [-0.05, 0) is 65.0 Å². The van der Waals surface area contributed by atoms with Gasteiger partial charge in [-0.25, -0.2) is 0 Å². The van der Waals surface area contributed by atoms with Gasteiger partial charge in [-0.15, -0.1) is 0 Å². The van der Waals surface area contributed by atoms with Crippen LogP contribution in [0.2, 0.25) is 0 Å². The van der Waals surface area contributed by atoms with Gasteiger partial charge in [0.25, 0.3) is 11.8 Å². The lowest BCUT2D eigenvalue weighted by atomic mass is 9.98. The number of nitrogens with one attached hydrogen (secondary N) is 1. The number of carbonyl (C=O) groups is 2. The molecule has 2 aromatic rings. The third-order valence-corrected chi connectivity index (χ3v) is 5.25. The quantitative estimate of drug-likeness (QED) is 0.819. The van der Waals surface area contributed by atoms with E-state index < -0.39 is 0 Å². The highest BCUT2D eigenvalue weighted by molar-refractivity contribution is 9.10. The number of amides is 2. The summed E-state index contributed by atoms with van der Waals surface area (Å²) in [5.74, 6) is 0.506. The van der Waals surface area contributed by atoms with E-state index in [9.17, 15) is 9.59 Å². The first kappa shape index (κ1) is 17.7. The van der Waals surface area contributed by atoms with Crippen molar-refractivity contribution >= 4 is 33.4 Å². The highest BCUT2D eigenvalue weighted by Crippen LogP contribution is 2.21. The summed E-state index contributed by atoms with van der Waals surface area (Å²) in [6, 6.07) is 14.4. The molecule has 1 N–H and O–H groups in total. The molecular formula is C20H21BrN2O2. The van der Waals surface area contributed by atoms with Gasteiger partial charge in [-0.3, -0.25) is 9.59 Å².